The lowest BCUT2D eigenvalue weighted by Gasteiger charge is -2.18. The molecule has 0 aliphatic heterocycles. The van der Waals surface area contributed by atoms with Gasteiger partial charge in [0.25, 0.3) is 0 Å². The minimum absolute atomic E-state index is 0.0759. The largest absolute Gasteiger partial charge is 0.481 e. The Bertz CT molecular complexity index is 744. The van der Waals surface area contributed by atoms with Crippen molar-refractivity contribution < 1.29 is 29.6 Å². The average Bonchev–Trinajstić information content (AvgIpc) is 3.01. The summed E-state index contributed by atoms with van der Waals surface area (Å²) in [6.45, 7) is 3.35. The highest BCUT2D eigenvalue weighted by molar-refractivity contribution is 5.84. The smallest absolute Gasteiger partial charge is 0.303 e. The fourth-order valence-corrected chi connectivity index (χ4v) is 4.33. The number of ether oxygens (including phenoxy) is 1. The Morgan fingerprint density at radius 3 is 2.72 bits per heavy atom. The van der Waals surface area contributed by atoms with Gasteiger partial charge < -0.3 is 20.1 Å². The fourth-order valence-electron chi connectivity index (χ4n) is 4.33. The summed E-state index contributed by atoms with van der Waals surface area (Å²) in [5.74, 6) is -1.21. The van der Waals surface area contributed by atoms with Crippen molar-refractivity contribution in [1.29, 1.82) is 0 Å². The molecule has 2 rings (SSSR count). The maximum atomic E-state index is 12.3. The van der Waals surface area contributed by atoms with E-state index in [-0.39, 0.29) is 30.5 Å². The molecule has 0 amide bonds. The summed E-state index contributed by atoms with van der Waals surface area (Å²) in [6, 6.07) is 7.98. The summed E-state index contributed by atoms with van der Waals surface area (Å²) in [6.07, 6.45) is 7.77. The molecular formula is C26H38O6. The molecule has 0 heterocycles. The lowest BCUT2D eigenvalue weighted by atomic mass is 9.88. The first kappa shape index (κ1) is 26.2. The number of ketones is 1. The Morgan fingerprint density at radius 1 is 1.22 bits per heavy atom. The number of unbranched alkanes of at least 4 members (excludes halogenated alkanes) is 3. The molecule has 1 unspecified atom stereocenters. The minimum Gasteiger partial charge on any atom is -0.481 e. The maximum Gasteiger partial charge on any atom is 0.303 e. The minimum atomic E-state index is -0.778. The van der Waals surface area contributed by atoms with Crippen LogP contribution >= 0.6 is 0 Å². The van der Waals surface area contributed by atoms with E-state index in [4.69, 9.17) is 9.84 Å². The first-order chi connectivity index (χ1) is 15.4. The summed E-state index contributed by atoms with van der Waals surface area (Å²) >= 11 is 0. The van der Waals surface area contributed by atoms with Crippen LogP contribution in [0.25, 0.3) is 0 Å². The molecule has 0 radical (unpaired) electrons. The highest BCUT2D eigenvalue weighted by atomic mass is 16.5. The molecule has 1 aromatic rings. The molecule has 1 aliphatic rings. The Labute approximate surface area is 191 Å². The number of carboxylic acid groups (broad SMARTS) is 1. The van der Waals surface area contributed by atoms with Crippen molar-refractivity contribution in [3.8, 4) is 0 Å². The van der Waals surface area contributed by atoms with E-state index in [0.29, 0.717) is 25.9 Å². The predicted molar refractivity (Wildman–Crippen MR) is 123 cm³/mol. The second kappa shape index (κ2) is 14.2. The summed E-state index contributed by atoms with van der Waals surface area (Å²) in [5.41, 5.74) is 2.09. The highest BCUT2D eigenvalue weighted by Gasteiger charge is 2.39. The number of Topliss-reactive ketones (excluding diaryl/α,β-unsaturated/α-hetero) is 1. The topological polar surface area (TPSA) is 104 Å². The van der Waals surface area contributed by atoms with Crippen LogP contribution in [0.4, 0.5) is 0 Å². The van der Waals surface area contributed by atoms with Gasteiger partial charge in [0.2, 0.25) is 0 Å². The predicted octanol–water partition coefficient (Wildman–Crippen LogP) is 4.06. The standard InChI is InChI=1S/C26H38O6/c1-2-14-32-18-20-9-7-8-19(15-20)16-21(27)12-13-23-22(24(28)17-25(23)29)10-5-3-4-6-11-26(30)31/h7-9,12-13,15,21-23,25,27,29H,2-6,10-11,14,16-18H2,1H3,(H,30,31)/b13-12+/t21?,22-,23-,25-/m1/s1. The number of carboxylic acids is 1. The van der Waals surface area contributed by atoms with Crippen molar-refractivity contribution in [2.45, 2.75) is 83.5 Å². The van der Waals surface area contributed by atoms with Gasteiger partial charge in [0.1, 0.15) is 5.78 Å². The number of aliphatic hydroxyl groups is 2. The molecule has 0 spiro atoms. The van der Waals surface area contributed by atoms with Crippen LogP contribution in [-0.2, 0) is 27.4 Å². The molecule has 32 heavy (non-hydrogen) atoms. The third kappa shape index (κ3) is 9.23. The second-order valence-corrected chi connectivity index (χ2v) is 8.80. The second-order valence-electron chi connectivity index (χ2n) is 8.80. The quantitative estimate of drug-likeness (QED) is 0.277. The fraction of sp³-hybridized carbons (Fsp3) is 0.615. The SMILES string of the molecule is CCCOCc1cccc(CC(O)/C=C/[C@H]2[C@H](O)CC(=O)[C@@H]2CCCCCCC(=O)O)c1. The number of benzene rings is 1. The number of hydrogen-bond donors (Lipinski definition) is 3. The van der Waals surface area contributed by atoms with E-state index in [1.165, 1.54) is 0 Å². The van der Waals surface area contributed by atoms with Gasteiger partial charge in [0.05, 0.1) is 18.8 Å². The lowest BCUT2D eigenvalue weighted by molar-refractivity contribution is -0.137. The van der Waals surface area contributed by atoms with Crippen molar-refractivity contribution >= 4 is 11.8 Å². The molecule has 1 aromatic carbocycles. The van der Waals surface area contributed by atoms with Gasteiger partial charge in [-0.2, -0.15) is 0 Å². The van der Waals surface area contributed by atoms with Gasteiger partial charge >= 0.3 is 5.97 Å². The van der Waals surface area contributed by atoms with Crippen molar-refractivity contribution in [3.63, 3.8) is 0 Å². The van der Waals surface area contributed by atoms with E-state index in [2.05, 4.69) is 6.92 Å². The normalized spacial score (nSPS) is 22.0. The van der Waals surface area contributed by atoms with Crippen LogP contribution in [-0.4, -0.2) is 45.9 Å². The molecule has 6 heteroatoms. The van der Waals surface area contributed by atoms with E-state index in [1.54, 1.807) is 6.08 Å². The Morgan fingerprint density at radius 2 is 1.97 bits per heavy atom. The van der Waals surface area contributed by atoms with Crippen LogP contribution in [0.15, 0.2) is 36.4 Å². The number of aliphatic carboxylic acids is 1. The van der Waals surface area contributed by atoms with Crippen LogP contribution in [0.3, 0.4) is 0 Å². The van der Waals surface area contributed by atoms with Gasteiger partial charge in [-0.05, 0) is 30.4 Å². The van der Waals surface area contributed by atoms with E-state index in [9.17, 15) is 19.8 Å². The van der Waals surface area contributed by atoms with Gasteiger partial charge in [-0.15, -0.1) is 0 Å². The zero-order chi connectivity index (χ0) is 23.3. The van der Waals surface area contributed by atoms with Crippen LogP contribution < -0.4 is 0 Å². The number of aliphatic hydroxyl groups excluding tert-OH is 2. The Kier molecular flexibility index (Phi) is 11.6. The first-order valence-electron chi connectivity index (χ1n) is 11.8. The summed E-state index contributed by atoms with van der Waals surface area (Å²) in [5, 5.41) is 29.5. The van der Waals surface area contributed by atoms with Gasteiger partial charge in [-0.25, -0.2) is 0 Å². The van der Waals surface area contributed by atoms with Crippen LogP contribution in [0.5, 0.6) is 0 Å². The summed E-state index contributed by atoms with van der Waals surface area (Å²) in [7, 11) is 0. The molecule has 0 aromatic heterocycles. The summed E-state index contributed by atoms with van der Waals surface area (Å²) < 4.78 is 5.58. The molecular weight excluding hydrogens is 408 g/mol. The molecule has 0 bridgehead atoms. The first-order valence-corrected chi connectivity index (χ1v) is 11.8. The van der Waals surface area contributed by atoms with Gasteiger partial charge in [0.15, 0.2) is 0 Å². The third-order valence-corrected chi connectivity index (χ3v) is 6.00. The average molecular weight is 447 g/mol. The van der Waals surface area contributed by atoms with Crippen molar-refractivity contribution in [2.24, 2.45) is 11.8 Å². The van der Waals surface area contributed by atoms with E-state index < -0.39 is 18.2 Å². The maximum absolute atomic E-state index is 12.3. The number of hydrogen-bond acceptors (Lipinski definition) is 5. The Balaban J connectivity index is 1.84. The number of rotatable bonds is 15. The molecule has 6 nitrogen and oxygen atoms in total. The van der Waals surface area contributed by atoms with Crippen LogP contribution in [0, 0.1) is 11.8 Å². The van der Waals surface area contributed by atoms with Gasteiger partial charge in [-0.1, -0.05) is 62.6 Å². The molecule has 4 atom stereocenters. The monoisotopic (exact) mass is 446 g/mol. The molecule has 3 N–H and O–H groups in total. The van der Waals surface area contributed by atoms with Crippen molar-refractivity contribution in [1.82, 2.24) is 0 Å². The lowest BCUT2D eigenvalue weighted by Crippen LogP contribution is -2.19. The number of carbonyl (C=O) groups is 2. The van der Waals surface area contributed by atoms with Crippen molar-refractivity contribution in [3.05, 3.63) is 47.5 Å². The zero-order valence-corrected chi connectivity index (χ0v) is 19.1. The van der Waals surface area contributed by atoms with Crippen LogP contribution in [0.2, 0.25) is 0 Å². The van der Waals surface area contributed by atoms with E-state index in [0.717, 1.165) is 43.4 Å². The van der Waals surface area contributed by atoms with E-state index in [1.807, 2.05) is 30.3 Å². The highest BCUT2D eigenvalue weighted by Crippen LogP contribution is 2.34. The van der Waals surface area contributed by atoms with Gasteiger partial charge in [-0.3, -0.25) is 9.59 Å². The molecule has 178 valence electrons. The Hall–Kier alpha value is -2.02. The van der Waals surface area contributed by atoms with Crippen molar-refractivity contribution in [2.75, 3.05) is 6.61 Å². The molecule has 1 aliphatic carbocycles. The molecule has 0 saturated heterocycles. The van der Waals surface area contributed by atoms with E-state index >= 15 is 0 Å². The zero-order valence-electron chi connectivity index (χ0n) is 19.1. The third-order valence-electron chi connectivity index (χ3n) is 6.00. The molecule has 1 saturated carbocycles. The van der Waals surface area contributed by atoms with Gasteiger partial charge in [0, 0.05) is 37.7 Å². The van der Waals surface area contributed by atoms with Crippen LogP contribution in [0.1, 0.15) is 69.4 Å². The molecule has 1 fully saturated rings. The summed E-state index contributed by atoms with van der Waals surface area (Å²) in [4.78, 5) is 22.9. The number of carbonyl (C=O) groups excluding carboxylic acids is 1.